The van der Waals surface area contributed by atoms with Crippen molar-refractivity contribution in [2.75, 3.05) is 16.4 Å². The summed E-state index contributed by atoms with van der Waals surface area (Å²) in [6.07, 6.45) is 0. The number of halogens is 1. The van der Waals surface area contributed by atoms with Gasteiger partial charge < -0.3 is 15.2 Å². The van der Waals surface area contributed by atoms with Crippen molar-refractivity contribution in [3.63, 3.8) is 0 Å². The zero-order valence-electron chi connectivity index (χ0n) is 14.3. The van der Waals surface area contributed by atoms with Crippen LogP contribution in [0.4, 0.5) is 15.9 Å². The second-order valence-corrected chi connectivity index (χ2v) is 6.29. The second kappa shape index (κ2) is 7.95. The molecular weight excluding hydrogens is 377 g/mol. The molecule has 2 N–H and O–H groups in total. The van der Waals surface area contributed by atoms with Gasteiger partial charge in [0.25, 0.3) is 0 Å². The lowest BCUT2D eigenvalue weighted by Gasteiger charge is -2.05. The SMILES string of the molecule is CC(=O)Nc1nonc1-c1nnc(SCC(=O)Nc2ccc(F)cc2)n1C. The van der Waals surface area contributed by atoms with Gasteiger partial charge >= 0.3 is 0 Å². The molecule has 0 unspecified atom stereocenters. The fraction of sp³-hybridized carbons (Fsp3) is 0.200. The third-order valence-electron chi connectivity index (χ3n) is 3.29. The molecular formula is C15H14FN7O3S. The van der Waals surface area contributed by atoms with Crippen molar-refractivity contribution in [3.05, 3.63) is 30.1 Å². The van der Waals surface area contributed by atoms with Crippen LogP contribution in [0, 0.1) is 5.82 Å². The fourth-order valence-electron chi connectivity index (χ4n) is 2.09. The quantitative estimate of drug-likeness (QED) is 0.608. The third kappa shape index (κ3) is 4.47. The maximum atomic E-state index is 12.9. The van der Waals surface area contributed by atoms with E-state index in [4.69, 9.17) is 0 Å². The topological polar surface area (TPSA) is 128 Å². The van der Waals surface area contributed by atoms with Gasteiger partial charge in [-0.25, -0.2) is 9.02 Å². The van der Waals surface area contributed by atoms with Crippen LogP contribution in [-0.4, -0.2) is 42.6 Å². The first-order valence-corrected chi connectivity index (χ1v) is 8.60. The molecule has 0 aliphatic heterocycles. The molecule has 0 aliphatic rings. The minimum Gasteiger partial charge on any atom is -0.325 e. The Hall–Kier alpha value is -3.28. The highest BCUT2D eigenvalue weighted by Crippen LogP contribution is 2.26. The van der Waals surface area contributed by atoms with E-state index in [0.717, 1.165) is 11.8 Å². The van der Waals surface area contributed by atoms with Crippen LogP contribution in [0.5, 0.6) is 0 Å². The van der Waals surface area contributed by atoms with Gasteiger partial charge in [0.2, 0.25) is 17.6 Å². The summed E-state index contributed by atoms with van der Waals surface area (Å²) in [4.78, 5) is 23.2. The van der Waals surface area contributed by atoms with E-state index in [1.807, 2.05) is 0 Å². The highest BCUT2D eigenvalue weighted by Gasteiger charge is 2.21. The van der Waals surface area contributed by atoms with E-state index in [1.54, 1.807) is 11.6 Å². The standard InChI is InChI=1S/C15H14FN7O3S/c1-8(24)17-13-12(21-26-22-13)14-19-20-15(23(14)2)27-7-11(25)18-10-5-3-9(16)4-6-10/h3-6H,7H2,1-2H3,(H,18,25)(H,17,22,24). The number of benzene rings is 1. The normalized spacial score (nSPS) is 10.6. The maximum absolute atomic E-state index is 12.9. The number of carbonyl (C=O) groups excluding carboxylic acids is 2. The van der Waals surface area contributed by atoms with E-state index in [1.165, 1.54) is 31.2 Å². The van der Waals surface area contributed by atoms with Crippen molar-refractivity contribution in [1.29, 1.82) is 0 Å². The number of rotatable bonds is 6. The van der Waals surface area contributed by atoms with Gasteiger partial charge in [0, 0.05) is 19.7 Å². The van der Waals surface area contributed by atoms with Crippen LogP contribution in [0.25, 0.3) is 11.5 Å². The Morgan fingerprint density at radius 2 is 1.93 bits per heavy atom. The lowest BCUT2D eigenvalue weighted by molar-refractivity contribution is -0.114. The zero-order chi connectivity index (χ0) is 19.4. The van der Waals surface area contributed by atoms with Crippen LogP contribution in [0.1, 0.15) is 6.92 Å². The molecule has 0 fully saturated rings. The minimum absolute atomic E-state index is 0.0684. The van der Waals surface area contributed by atoms with Crippen LogP contribution in [0.2, 0.25) is 0 Å². The van der Waals surface area contributed by atoms with E-state index in [-0.39, 0.29) is 34.9 Å². The van der Waals surface area contributed by atoms with Gasteiger partial charge in [-0.2, -0.15) is 0 Å². The largest absolute Gasteiger partial charge is 0.325 e. The summed E-state index contributed by atoms with van der Waals surface area (Å²) in [5, 5.41) is 20.9. The van der Waals surface area contributed by atoms with Gasteiger partial charge in [0.1, 0.15) is 5.82 Å². The van der Waals surface area contributed by atoms with E-state index in [0.29, 0.717) is 16.7 Å². The molecule has 1 aromatic carbocycles. The van der Waals surface area contributed by atoms with Gasteiger partial charge in [-0.15, -0.1) is 10.2 Å². The highest BCUT2D eigenvalue weighted by atomic mass is 32.2. The summed E-state index contributed by atoms with van der Waals surface area (Å²) in [5.74, 6) is -0.474. The van der Waals surface area contributed by atoms with Gasteiger partial charge in [-0.05, 0) is 34.6 Å². The number of thioether (sulfide) groups is 1. The number of hydrogen-bond acceptors (Lipinski definition) is 8. The number of amides is 2. The first-order chi connectivity index (χ1) is 12.9. The Balaban J connectivity index is 1.65. The molecule has 0 spiro atoms. The Morgan fingerprint density at radius 3 is 2.63 bits per heavy atom. The number of nitrogens with one attached hydrogen (secondary N) is 2. The van der Waals surface area contributed by atoms with Gasteiger partial charge in [-0.3, -0.25) is 9.59 Å². The number of carbonyl (C=O) groups is 2. The summed E-state index contributed by atoms with van der Waals surface area (Å²) in [6, 6.07) is 5.46. The first kappa shape index (κ1) is 18.5. The van der Waals surface area contributed by atoms with Crippen molar-refractivity contribution < 1.29 is 18.6 Å². The van der Waals surface area contributed by atoms with Crippen LogP contribution in [-0.2, 0) is 16.6 Å². The Labute approximate surface area is 156 Å². The summed E-state index contributed by atoms with van der Waals surface area (Å²) < 4.78 is 19.1. The fourth-order valence-corrected chi connectivity index (χ4v) is 2.80. The zero-order valence-corrected chi connectivity index (χ0v) is 15.1. The van der Waals surface area contributed by atoms with Crippen molar-refractivity contribution >= 4 is 35.1 Å². The molecule has 0 radical (unpaired) electrons. The van der Waals surface area contributed by atoms with E-state index >= 15 is 0 Å². The van der Waals surface area contributed by atoms with Crippen molar-refractivity contribution in [1.82, 2.24) is 25.1 Å². The number of aromatic nitrogens is 5. The molecule has 12 heteroatoms. The maximum Gasteiger partial charge on any atom is 0.234 e. The molecule has 0 aliphatic carbocycles. The van der Waals surface area contributed by atoms with Gasteiger partial charge in [0.15, 0.2) is 16.7 Å². The summed E-state index contributed by atoms with van der Waals surface area (Å²) >= 11 is 1.15. The van der Waals surface area contributed by atoms with Crippen molar-refractivity contribution in [3.8, 4) is 11.5 Å². The molecule has 27 heavy (non-hydrogen) atoms. The van der Waals surface area contributed by atoms with E-state index < -0.39 is 0 Å². The number of anilines is 2. The average Bonchev–Trinajstić information content (AvgIpc) is 3.21. The highest BCUT2D eigenvalue weighted by molar-refractivity contribution is 7.99. The van der Waals surface area contributed by atoms with Gasteiger partial charge in [-0.1, -0.05) is 11.8 Å². The summed E-state index contributed by atoms with van der Waals surface area (Å²) in [7, 11) is 1.68. The molecule has 0 saturated carbocycles. The van der Waals surface area contributed by atoms with Crippen LogP contribution >= 0.6 is 11.8 Å². The van der Waals surface area contributed by atoms with E-state index in [2.05, 4.69) is 35.8 Å². The van der Waals surface area contributed by atoms with Crippen molar-refractivity contribution in [2.45, 2.75) is 12.1 Å². The predicted molar refractivity (Wildman–Crippen MR) is 94.4 cm³/mol. The molecule has 2 amide bonds. The van der Waals surface area contributed by atoms with E-state index in [9.17, 15) is 14.0 Å². The number of hydrogen-bond donors (Lipinski definition) is 2. The lowest BCUT2D eigenvalue weighted by Crippen LogP contribution is -2.14. The van der Waals surface area contributed by atoms with Gasteiger partial charge in [0.05, 0.1) is 5.75 Å². The van der Waals surface area contributed by atoms with Crippen molar-refractivity contribution in [2.24, 2.45) is 7.05 Å². The Morgan fingerprint density at radius 1 is 1.19 bits per heavy atom. The first-order valence-electron chi connectivity index (χ1n) is 7.62. The molecule has 0 saturated heterocycles. The molecule has 10 nitrogen and oxygen atoms in total. The Bertz CT molecular complexity index is 970. The Kier molecular flexibility index (Phi) is 5.45. The summed E-state index contributed by atoms with van der Waals surface area (Å²) in [6.45, 7) is 1.33. The summed E-state index contributed by atoms with van der Waals surface area (Å²) in [5.41, 5.74) is 0.720. The predicted octanol–water partition coefficient (Wildman–Crippen LogP) is 1.69. The molecule has 2 heterocycles. The molecule has 0 atom stereocenters. The molecule has 140 valence electrons. The molecule has 2 aromatic heterocycles. The lowest BCUT2D eigenvalue weighted by atomic mass is 10.3. The third-order valence-corrected chi connectivity index (χ3v) is 4.31. The number of nitrogens with zero attached hydrogens (tertiary/aromatic N) is 5. The second-order valence-electron chi connectivity index (χ2n) is 5.35. The van der Waals surface area contributed by atoms with Crippen LogP contribution in [0.3, 0.4) is 0 Å². The molecule has 3 rings (SSSR count). The smallest absolute Gasteiger partial charge is 0.234 e. The molecule has 3 aromatic rings. The van der Waals surface area contributed by atoms with Crippen LogP contribution < -0.4 is 10.6 Å². The monoisotopic (exact) mass is 391 g/mol. The minimum atomic E-state index is -0.380. The molecule has 0 bridgehead atoms. The average molecular weight is 391 g/mol. The van der Waals surface area contributed by atoms with Crippen LogP contribution in [0.15, 0.2) is 34.1 Å².